The molecule has 1 atom stereocenters. The summed E-state index contributed by atoms with van der Waals surface area (Å²) in [6.45, 7) is 5.23. The fraction of sp³-hybridized carbons (Fsp3) is 0.368. The number of benzene rings is 2. The molecule has 0 saturated carbocycles. The predicted octanol–water partition coefficient (Wildman–Crippen LogP) is 5.32. The molecule has 0 fully saturated rings. The third kappa shape index (κ3) is 4.87. The van der Waals surface area contributed by atoms with Crippen molar-refractivity contribution in [2.75, 3.05) is 6.54 Å². The van der Waals surface area contributed by atoms with E-state index in [9.17, 15) is 0 Å². The zero-order valence-electron chi connectivity index (χ0n) is 12.9. The summed E-state index contributed by atoms with van der Waals surface area (Å²) >= 11 is 6.31. The van der Waals surface area contributed by atoms with Crippen LogP contribution >= 0.6 is 11.6 Å². The molecule has 2 rings (SSSR count). The summed E-state index contributed by atoms with van der Waals surface area (Å²) in [5.74, 6) is 0. The van der Waals surface area contributed by atoms with Gasteiger partial charge in [0.05, 0.1) is 0 Å². The van der Waals surface area contributed by atoms with Gasteiger partial charge in [0, 0.05) is 11.1 Å². The molecule has 2 heteroatoms. The lowest BCUT2D eigenvalue weighted by atomic mass is 9.98. The molecule has 0 heterocycles. The Kier molecular flexibility index (Phi) is 6.28. The van der Waals surface area contributed by atoms with Gasteiger partial charge in [-0.1, -0.05) is 61.0 Å². The van der Waals surface area contributed by atoms with Crippen LogP contribution < -0.4 is 5.32 Å². The molecule has 112 valence electrons. The Balaban J connectivity index is 1.93. The smallest absolute Gasteiger partial charge is 0.0440 e. The molecule has 0 aromatic heterocycles. The highest BCUT2D eigenvalue weighted by Crippen LogP contribution is 2.23. The van der Waals surface area contributed by atoms with Gasteiger partial charge in [0.2, 0.25) is 0 Å². The normalized spacial score (nSPS) is 12.3. The Morgan fingerprint density at radius 3 is 2.52 bits per heavy atom. The average Bonchev–Trinajstić information content (AvgIpc) is 2.49. The van der Waals surface area contributed by atoms with Crippen LogP contribution in [0.2, 0.25) is 5.02 Å². The van der Waals surface area contributed by atoms with Gasteiger partial charge in [0.1, 0.15) is 0 Å². The largest absolute Gasteiger partial charge is 0.310 e. The Morgan fingerprint density at radius 1 is 1.10 bits per heavy atom. The van der Waals surface area contributed by atoms with E-state index in [0.717, 1.165) is 30.8 Å². The van der Waals surface area contributed by atoms with E-state index in [0.29, 0.717) is 6.04 Å². The lowest BCUT2D eigenvalue weighted by Gasteiger charge is -2.18. The van der Waals surface area contributed by atoms with Gasteiger partial charge in [-0.25, -0.2) is 0 Å². The molecule has 0 aliphatic carbocycles. The molecule has 0 amide bonds. The molecule has 1 unspecified atom stereocenters. The van der Waals surface area contributed by atoms with Crippen LogP contribution in [0.4, 0.5) is 0 Å². The van der Waals surface area contributed by atoms with E-state index >= 15 is 0 Å². The van der Waals surface area contributed by atoms with E-state index in [1.54, 1.807) is 0 Å². The van der Waals surface area contributed by atoms with Crippen molar-refractivity contribution in [1.82, 2.24) is 5.32 Å². The van der Waals surface area contributed by atoms with Crippen molar-refractivity contribution in [3.63, 3.8) is 0 Å². The van der Waals surface area contributed by atoms with Crippen LogP contribution in [-0.4, -0.2) is 6.54 Å². The van der Waals surface area contributed by atoms with E-state index in [-0.39, 0.29) is 0 Å². The predicted molar refractivity (Wildman–Crippen MR) is 92.0 cm³/mol. The first-order valence-corrected chi connectivity index (χ1v) is 8.12. The molecule has 1 nitrogen and oxygen atoms in total. The van der Waals surface area contributed by atoms with E-state index in [1.165, 1.54) is 16.7 Å². The fourth-order valence-corrected chi connectivity index (χ4v) is 3.00. The maximum absolute atomic E-state index is 6.31. The van der Waals surface area contributed by atoms with Crippen LogP contribution in [0.3, 0.4) is 0 Å². The second-order valence-electron chi connectivity index (χ2n) is 5.51. The van der Waals surface area contributed by atoms with Gasteiger partial charge in [-0.2, -0.15) is 0 Å². The molecule has 2 aromatic carbocycles. The van der Waals surface area contributed by atoms with Crippen molar-refractivity contribution in [2.45, 2.75) is 39.2 Å². The molecule has 1 N–H and O–H groups in total. The molecular weight excluding hydrogens is 278 g/mol. The maximum Gasteiger partial charge on any atom is 0.0440 e. The van der Waals surface area contributed by atoms with E-state index < -0.39 is 0 Å². The van der Waals surface area contributed by atoms with Gasteiger partial charge in [-0.3, -0.25) is 0 Å². The SMILES string of the molecule is CCNC(CCCc1ccc(C)cc1Cl)c1ccccc1. The van der Waals surface area contributed by atoms with Gasteiger partial charge < -0.3 is 5.32 Å². The number of hydrogen-bond donors (Lipinski definition) is 1. The van der Waals surface area contributed by atoms with Crippen molar-refractivity contribution >= 4 is 11.6 Å². The van der Waals surface area contributed by atoms with Crippen LogP contribution in [0.1, 0.15) is 42.5 Å². The van der Waals surface area contributed by atoms with E-state index in [2.05, 4.69) is 67.7 Å². The number of nitrogens with one attached hydrogen (secondary N) is 1. The number of hydrogen-bond acceptors (Lipinski definition) is 1. The second-order valence-corrected chi connectivity index (χ2v) is 5.92. The summed E-state index contributed by atoms with van der Waals surface area (Å²) in [5, 5.41) is 4.47. The number of aryl methyl sites for hydroxylation is 2. The van der Waals surface area contributed by atoms with Crippen molar-refractivity contribution in [2.24, 2.45) is 0 Å². The van der Waals surface area contributed by atoms with E-state index in [1.807, 2.05) is 0 Å². The molecule has 0 spiro atoms. The minimum Gasteiger partial charge on any atom is -0.310 e. The zero-order chi connectivity index (χ0) is 15.1. The molecule has 0 aliphatic rings. The van der Waals surface area contributed by atoms with Crippen LogP contribution in [0, 0.1) is 6.92 Å². The van der Waals surface area contributed by atoms with Gasteiger partial charge in [-0.05, 0) is 55.5 Å². The minimum atomic E-state index is 0.431. The summed E-state index contributed by atoms with van der Waals surface area (Å²) < 4.78 is 0. The van der Waals surface area contributed by atoms with Crippen LogP contribution in [0.15, 0.2) is 48.5 Å². The van der Waals surface area contributed by atoms with Gasteiger partial charge in [0.25, 0.3) is 0 Å². The maximum atomic E-state index is 6.31. The van der Waals surface area contributed by atoms with Gasteiger partial charge in [-0.15, -0.1) is 0 Å². The summed E-state index contributed by atoms with van der Waals surface area (Å²) in [6, 6.07) is 17.5. The van der Waals surface area contributed by atoms with Gasteiger partial charge >= 0.3 is 0 Å². The summed E-state index contributed by atoms with van der Waals surface area (Å²) in [5.41, 5.74) is 3.85. The monoisotopic (exact) mass is 301 g/mol. The first-order chi connectivity index (χ1) is 10.2. The molecular formula is C19H24ClN. The second kappa shape index (κ2) is 8.21. The lowest BCUT2D eigenvalue weighted by molar-refractivity contribution is 0.498. The van der Waals surface area contributed by atoms with Crippen molar-refractivity contribution in [1.29, 1.82) is 0 Å². The molecule has 0 saturated heterocycles. The number of rotatable bonds is 7. The third-order valence-electron chi connectivity index (χ3n) is 3.80. The van der Waals surface area contributed by atoms with Crippen LogP contribution in [0.25, 0.3) is 0 Å². The summed E-state index contributed by atoms with van der Waals surface area (Å²) in [6.07, 6.45) is 3.30. The molecule has 0 bridgehead atoms. The highest BCUT2D eigenvalue weighted by Gasteiger charge is 2.10. The average molecular weight is 302 g/mol. The molecule has 2 aromatic rings. The first kappa shape index (κ1) is 16.1. The Hall–Kier alpha value is -1.31. The van der Waals surface area contributed by atoms with E-state index in [4.69, 9.17) is 11.6 Å². The van der Waals surface area contributed by atoms with Crippen molar-refractivity contribution in [3.8, 4) is 0 Å². The van der Waals surface area contributed by atoms with Crippen molar-refractivity contribution in [3.05, 3.63) is 70.2 Å². The van der Waals surface area contributed by atoms with Crippen LogP contribution in [-0.2, 0) is 6.42 Å². The highest BCUT2D eigenvalue weighted by atomic mass is 35.5. The van der Waals surface area contributed by atoms with Gasteiger partial charge in [0.15, 0.2) is 0 Å². The number of halogens is 1. The summed E-state index contributed by atoms with van der Waals surface area (Å²) in [7, 11) is 0. The van der Waals surface area contributed by atoms with Crippen LogP contribution in [0.5, 0.6) is 0 Å². The Bertz CT molecular complexity index is 551. The minimum absolute atomic E-state index is 0.431. The third-order valence-corrected chi connectivity index (χ3v) is 4.15. The fourth-order valence-electron chi connectivity index (χ4n) is 2.67. The highest BCUT2D eigenvalue weighted by molar-refractivity contribution is 6.31. The first-order valence-electron chi connectivity index (χ1n) is 7.74. The standard InChI is InChI=1S/C19H24ClN/c1-3-21-19(17-8-5-4-6-9-17)11-7-10-16-13-12-15(2)14-18(16)20/h4-6,8-9,12-14,19,21H,3,7,10-11H2,1-2H3. The summed E-state index contributed by atoms with van der Waals surface area (Å²) in [4.78, 5) is 0. The molecule has 21 heavy (non-hydrogen) atoms. The molecule has 0 aliphatic heterocycles. The lowest BCUT2D eigenvalue weighted by Crippen LogP contribution is -2.20. The zero-order valence-corrected chi connectivity index (χ0v) is 13.7. The Morgan fingerprint density at radius 2 is 1.86 bits per heavy atom. The van der Waals surface area contributed by atoms with Crippen molar-refractivity contribution < 1.29 is 0 Å². The quantitative estimate of drug-likeness (QED) is 0.729. The Labute approximate surface area is 133 Å². The topological polar surface area (TPSA) is 12.0 Å². The molecule has 0 radical (unpaired) electrons.